The van der Waals surface area contributed by atoms with Crippen LogP contribution in [0, 0.1) is 0 Å². The molecule has 0 bridgehead atoms. The van der Waals surface area contributed by atoms with Gasteiger partial charge in [0.15, 0.2) is 0 Å². The number of methoxy groups -OCH3 is 2. The van der Waals surface area contributed by atoms with Crippen molar-refractivity contribution in [1.82, 2.24) is 44.9 Å². The third-order valence-corrected chi connectivity index (χ3v) is 14.8. The molecule has 2 aliphatic carbocycles. The van der Waals surface area contributed by atoms with Crippen LogP contribution in [0.3, 0.4) is 0 Å². The molecule has 2 fully saturated rings. The number of allylic oxidation sites excluding steroid dienone is 1. The summed E-state index contributed by atoms with van der Waals surface area (Å²) in [5, 5.41) is 5.11. The molecular formula is C55H53BrN10O9. The molecule has 384 valence electrons. The maximum absolute atomic E-state index is 12.7. The van der Waals surface area contributed by atoms with Gasteiger partial charge in [-0.25, -0.2) is 19.6 Å². The second kappa shape index (κ2) is 21.7. The van der Waals surface area contributed by atoms with E-state index in [1.54, 1.807) is 45.6 Å². The zero-order chi connectivity index (χ0) is 52.3. The minimum absolute atomic E-state index is 0.00907. The average molecular weight is 1080 g/mol. The van der Waals surface area contributed by atoms with E-state index in [0.717, 1.165) is 61.6 Å². The minimum Gasteiger partial charge on any atom is -0.465 e. The number of hydrogen-bond acceptors (Lipinski definition) is 12. The number of carbonyl (C=O) groups excluding carboxylic acids is 7. The van der Waals surface area contributed by atoms with Gasteiger partial charge in [0, 0.05) is 88.9 Å². The summed E-state index contributed by atoms with van der Waals surface area (Å²) in [6.07, 6.45) is 19.3. The first-order valence-corrected chi connectivity index (χ1v) is 25.6. The second-order valence-corrected chi connectivity index (χ2v) is 19.6. The van der Waals surface area contributed by atoms with Crippen molar-refractivity contribution in [3.63, 3.8) is 0 Å². The largest absolute Gasteiger partial charge is 0.465 e. The van der Waals surface area contributed by atoms with Crippen molar-refractivity contribution in [1.29, 1.82) is 0 Å². The van der Waals surface area contributed by atoms with Crippen LogP contribution in [-0.4, -0.2) is 135 Å². The van der Waals surface area contributed by atoms with Gasteiger partial charge >= 0.3 is 11.9 Å². The number of fused-ring (bicyclic) bond motifs is 9. The Balaban J connectivity index is 0.000000122. The van der Waals surface area contributed by atoms with Gasteiger partial charge in [-0.1, -0.05) is 52.3 Å². The molecule has 0 saturated heterocycles. The van der Waals surface area contributed by atoms with Crippen LogP contribution >= 0.6 is 15.9 Å². The summed E-state index contributed by atoms with van der Waals surface area (Å²) in [7, 11) is 2.71. The maximum Gasteiger partial charge on any atom is 0.338 e. The third-order valence-electron chi connectivity index (χ3n) is 14.0. The van der Waals surface area contributed by atoms with Crippen LogP contribution in [-0.2, 0) is 52.7 Å². The van der Waals surface area contributed by atoms with Gasteiger partial charge in [0.1, 0.15) is 18.7 Å². The zero-order valence-electron chi connectivity index (χ0n) is 41.3. The number of benzene rings is 3. The second-order valence-electron chi connectivity index (χ2n) is 18.8. The molecule has 13 rings (SSSR count). The van der Waals surface area contributed by atoms with Crippen molar-refractivity contribution in [3.05, 3.63) is 158 Å². The number of aromatic nitrogens is 4. The fourth-order valence-corrected chi connectivity index (χ4v) is 10.5. The van der Waals surface area contributed by atoms with Gasteiger partial charge in [0.05, 0.1) is 67.5 Å². The highest BCUT2D eigenvalue weighted by Crippen LogP contribution is 2.40. The molecule has 2 aromatic heterocycles. The van der Waals surface area contributed by atoms with Crippen molar-refractivity contribution in [2.24, 2.45) is 4.99 Å². The fourth-order valence-electron chi connectivity index (χ4n) is 9.92. The molecular weight excluding hydrogens is 1020 g/mol. The smallest absolute Gasteiger partial charge is 0.338 e. The Hall–Kier alpha value is -8.26. The van der Waals surface area contributed by atoms with Gasteiger partial charge in [-0.2, -0.15) is 0 Å². The van der Waals surface area contributed by atoms with Crippen molar-refractivity contribution in [2.45, 2.75) is 56.8 Å². The lowest BCUT2D eigenvalue weighted by molar-refractivity contribution is -0.128. The lowest BCUT2D eigenvalue weighted by Gasteiger charge is -2.31. The Morgan fingerprint density at radius 1 is 0.640 bits per heavy atom. The van der Waals surface area contributed by atoms with Crippen molar-refractivity contribution in [2.75, 3.05) is 53.5 Å². The van der Waals surface area contributed by atoms with E-state index in [4.69, 9.17) is 9.47 Å². The van der Waals surface area contributed by atoms with E-state index in [-0.39, 0.29) is 55.1 Å². The van der Waals surface area contributed by atoms with Crippen molar-refractivity contribution in [3.8, 4) is 0 Å². The highest BCUT2D eigenvalue weighted by atomic mass is 79.9. The Morgan fingerprint density at radius 2 is 1.15 bits per heavy atom. The topological polar surface area (TPSA) is 231 Å². The quantitative estimate of drug-likeness (QED) is 0.199. The molecule has 0 atom stereocenters. The van der Waals surface area contributed by atoms with Gasteiger partial charge < -0.3 is 39.8 Å². The molecule has 0 radical (unpaired) electrons. The summed E-state index contributed by atoms with van der Waals surface area (Å²) in [6, 6.07) is 16.6. The number of H-pyrrole nitrogens is 1. The summed E-state index contributed by atoms with van der Waals surface area (Å²) in [5.41, 5.74) is 10.9. The van der Waals surface area contributed by atoms with E-state index in [9.17, 15) is 33.6 Å². The van der Waals surface area contributed by atoms with Crippen molar-refractivity contribution >= 4 is 80.3 Å². The predicted molar refractivity (Wildman–Crippen MR) is 278 cm³/mol. The summed E-state index contributed by atoms with van der Waals surface area (Å²) in [4.78, 5) is 105. The molecule has 20 heteroatoms. The SMILES string of the molecule is COC(=O)c1cccc2c1CCN1C(=O)CN=C(n3cnc(C4CC4)c3)C=C21.COC(=O)c1cccc2c1CCN1C(=O)CNC(=O)C=C21.O=C1C=C2c3cccc(Br)c3CCN2C(=O)CN1.c1ncc(C2CC2)[nH]1. The number of hydrogen-bond donors (Lipinski definition) is 3. The molecule has 0 unspecified atom stereocenters. The summed E-state index contributed by atoms with van der Waals surface area (Å²) in [6.45, 7) is 1.74. The molecule has 8 aliphatic rings. The first-order chi connectivity index (χ1) is 36.4. The minimum atomic E-state index is -0.412. The standard InChI is InChI=1S/C21H20N4O3.C15H14N2O4.C13H11BrN2O2.C6H8N2/c1-28-21(27)16-4-2-3-15-14(16)7-8-25-18(15)9-19(22-10-20(25)26)24-11-17(23-12-24)13-5-6-13;1-21-15(20)11-4-2-3-10-9(11)5-6-17-12(10)7-13(18)16-8-14(17)19;14-10-3-1-2-9-8(10)4-5-16-11(9)6-12(17)15-7-13(16)18;1-2-5(1)6-3-7-4-8-6/h2-4,9,11-13H,5-8,10H2,1H3;2-4,7H,5-6,8H2,1H3,(H,16,18);1-3,6H,4-5,7H2,(H,15,17);3-5H,1-2H2,(H,7,8). The van der Waals surface area contributed by atoms with Crippen LogP contribution in [0.2, 0.25) is 0 Å². The van der Waals surface area contributed by atoms with Gasteiger partial charge in [0.2, 0.25) is 29.5 Å². The number of halogens is 1. The molecule has 2 saturated carbocycles. The number of aromatic amines is 1. The Bertz CT molecular complexity index is 3270. The van der Waals surface area contributed by atoms with Crippen LogP contribution in [0.5, 0.6) is 0 Å². The van der Waals surface area contributed by atoms with E-state index in [1.807, 2.05) is 59.4 Å². The molecule has 3 N–H and O–H groups in total. The predicted octanol–water partition coefficient (Wildman–Crippen LogP) is 5.15. The normalized spacial score (nSPS) is 18.2. The number of nitrogens with zero attached hydrogens (tertiary/aromatic N) is 7. The van der Waals surface area contributed by atoms with E-state index in [0.29, 0.717) is 66.8 Å². The van der Waals surface area contributed by atoms with Crippen LogP contribution < -0.4 is 10.6 Å². The molecule has 6 aliphatic heterocycles. The van der Waals surface area contributed by atoms with Gasteiger partial charge in [-0.15, -0.1) is 0 Å². The Kier molecular flexibility index (Phi) is 14.5. The fraction of sp³-hybridized carbons (Fsp3) is 0.309. The van der Waals surface area contributed by atoms with Crippen molar-refractivity contribution < 1.29 is 43.0 Å². The molecule has 3 aromatic carbocycles. The third kappa shape index (κ3) is 10.7. The lowest BCUT2D eigenvalue weighted by Crippen LogP contribution is -2.38. The van der Waals surface area contributed by atoms with Gasteiger partial charge in [-0.05, 0) is 79.8 Å². The van der Waals surface area contributed by atoms with E-state index >= 15 is 0 Å². The number of nitrogens with one attached hydrogen (secondary N) is 3. The van der Waals surface area contributed by atoms with Crippen LogP contribution in [0.1, 0.15) is 103 Å². The maximum atomic E-state index is 12.7. The molecule has 19 nitrogen and oxygen atoms in total. The monoisotopic (exact) mass is 1080 g/mol. The highest BCUT2D eigenvalue weighted by Gasteiger charge is 2.34. The molecule has 5 amide bonds. The van der Waals surface area contributed by atoms with E-state index in [1.165, 1.54) is 57.7 Å². The van der Waals surface area contributed by atoms with Crippen LogP contribution in [0.15, 0.2) is 107 Å². The average Bonchev–Trinajstić information content (AvgIpc) is 4.38. The highest BCUT2D eigenvalue weighted by molar-refractivity contribution is 9.10. The summed E-state index contributed by atoms with van der Waals surface area (Å²) < 4.78 is 12.6. The van der Waals surface area contributed by atoms with Gasteiger partial charge in [-0.3, -0.25) is 33.5 Å². The van der Waals surface area contributed by atoms with E-state index in [2.05, 4.69) is 46.5 Å². The Labute approximate surface area is 439 Å². The first-order valence-electron chi connectivity index (χ1n) is 24.8. The van der Waals surface area contributed by atoms with E-state index < -0.39 is 5.97 Å². The molecule has 5 aromatic rings. The zero-order valence-corrected chi connectivity index (χ0v) is 42.9. The number of amides is 5. The number of ether oxygens (including phenoxy) is 2. The van der Waals surface area contributed by atoms with Gasteiger partial charge in [0.25, 0.3) is 0 Å². The summed E-state index contributed by atoms with van der Waals surface area (Å²) >= 11 is 3.52. The van der Waals surface area contributed by atoms with Crippen LogP contribution in [0.25, 0.3) is 17.1 Å². The number of aliphatic imine (C=N–C) groups is 1. The first kappa shape index (κ1) is 50.3. The number of rotatable bonds is 4. The number of esters is 2. The Morgan fingerprint density at radius 3 is 1.67 bits per heavy atom. The molecule has 8 heterocycles. The summed E-state index contributed by atoms with van der Waals surface area (Å²) in [5.74, 6) is 0.506. The number of imidazole rings is 2. The number of carbonyl (C=O) groups is 7. The molecule has 75 heavy (non-hydrogen) atoms. The molecule has 0 spiro atoms. The van der Waals surface area contributed by atoms with Crippen LogP contribution in [0.4, 0.5) is 0 Å². The lowest BCUT2D eigenvalue weighted by atomic mass is 9.91.